The molecule has 2 aromatic rings. The minimum absolute atomic E-state index is 0.0890. The summed E-state index contributed by atoms with van der Waals surface area (Å²) in [6.07, 6.45) is 2.21. The van der Waals surface area contributed by atoms with E-state index in [1.165, 1.54) is 11.6 Å². The largest absolute Gasteiger partial charge is 0.306 e. The number of halogens is 2. The van der Waals surface area contributed by atoms with Gasteiger partial charge in [0.2, 0.25) is 0 Å². The lowest BCUT2D eigenvalue weighted by Gasteiger charge is -2.20. The summed E-state index contributed by atoms with van der Waals surface area (Å²) < 4.78 is 13.7. The van der Waals surface area contributed by atoms with Crippen LogP contribution in [0.15, 0.2) is 42.5 Å². The number of benzene rings is 2. The Morgan fingerprint density at radius 2 is 1.81 bits per heavy atom. The number of aryl methyl sites for hydroxylation is 1. The predicted octanol–water partition coefficient (Wildman–Crippen LogP) is 5.13. The maximum atomic E-state index is 13.7. The van der Waals surface area contributed by atoms with Gasteiger partial charge in [-0.3, -0.25) is 0 Å². The molecule has 0 radical (unpaired) electrons. The van der Waals surface area contributed by atoms with Crippen LogP contribution in [0.1, 0.15) is 43.0 Å². The first kappa shape index (κ1) is 16.0. The van der Waals surface area contributed by atoms with Crippen molar-refractivity contribution in [1.82, 2.24) is 5.32 Å². The van der Waals surface area contributed by atoms with Crippen LogP contribution < -0.4 is 5.32 Å². The molecule has 0 saturated carbocycles. The molecule has 0 aliphatic rings. The van der Waals surface area contributed by atoms with E-state index in [2.05, 4.69) is 36.5 Å². The van der Waals surface area contributed by atoms with Crippen molar-refractivity contribution in [3.05, 3.63) is 70.0 Å². The van der Waals surface area contributed by atoms with E-state index in [0.717, 1.165) is 30.5 Å². The summed E-state index contributed by atoms with van der Waals surface area (Å²) in [6.45, 7) is 4.99. The van der Waals surface area contributed by atoms with Gasteiger partial charge >= 0.3 is 0 Å². The van der Waals surface area contributed by atoms with E-state index in [1.807, 2.05) is 13.0 Å². The quantitative estimate of drug-likeness (QED) is 0.780. The first-order chi connectivity index (χ1) is 10.2. The lowest BCUT2D eigenvalue weighted by Crippen LogP contribution is -2.22. The summed E-state index contributed by atoms with van der Waals surface area (Å²) in [5, 5.41) is 3.58. The number of hydrogen-bond donors (Lipinski definition) is 1. The van der Waals surface area contributed by atoms with Gasteiger partial charge < -0.3 is 5.32 Å². The summed E-state index contributed by atoms with van der Waals surface area (Å²) in [4.78, 5) is 0. The molecule has 0 aliphatic heterocycles. The molecule has 3 heteroatoms. The first-order valence-electron chi connectivity index (χ1n) is 7.43. The Bertz CT molecular complexity index is 580. The normalized spacial score (nSPS) is 12.4. The average Bonchev–Trinajstić information content (AvgIpc) is 2.49. The summed E-state index contributed by atoms with van der Waals surface area (Å²) in [7, 11) is 0. The average molecular weight is 306 g/mol. The molecule has 1 nitrogen and oxygen atoms in total. The third-order valence-electron chi connectivity index (χ3n) is 3.55. The van der Waals surface area contributed by atoms with Gasteiger partial charge in [-0.05, 0) is 35.7 Å². The van der Waals surface area contributed by atoms with Crippen LogP contribution in [-0.2, 0) is 6.42 Å². The van der Waals surface area contributed by atoms with Crippen molar-refractivity contribution in [3.63, 3.8) is 0 Å². The van der Waals surface area contributed by atoms with Gasteiger partial charge in [-0.15, -0.1) is 0 Å². The topological polar surface area (TPSA) is 12.0 Å². The highest BCUT2D eigenvalue weighted by Gasteiger charge is 2.17. The van der Waals surface area contributed by atoms with Gasteiger partial charge in [0.05, 0.1) is 11.1 Å². The second-order valence-corrected chi connectivity index (χ2v) is 5.50. The molecule has 0 aliphatic carbocycles. The molecule has 0 spiro atoms. The maximum Gasteiger partial charge on any atom is 0.142 e. The molecule has 0 heterocycles. The third kappa shape index (κ3) is 3.84. The van der Waals surface area contributed by atoms with Crippen molar-refractivity contribution in [2.75, 3.05) is 6.54 Å². The zero-order chi connectivity index (χ0) is 15.2. The molecule has 2 aromatic carbocycles. The third-order valence-corrected chi connectivity index (χ3v) is 3.95. The summed E-state index contributed by atoms with van der Waals surface area (Å²) in [5.74, 6) is -0.375. The molecule has 112 valence electrons. The smallest absolute Gasteiger partial charge is 0.142 e. The van der Waals surface area contributed by atoms with Crippen LogP contribution in [-0.4, -0.2) is 6.54 Å². The minimum atomic E-state index is -0.375. The molecule has 1 unspecified atom stereocenters. The number of nitrogens with one attached hydrogen (secondary N) is 1. The second kappa shape index (κ2) is 7.58. The van der Waals surface area contributed by atoms with Crippen LogP contribution >= 0.6 is 11.6 Å². The maximum absolute atomic E-state index is 13.7. The molecule has 0 saturated heterocycles. The molecule has 1 atom stereocenters. The van der Waals surface area contributed by atoms with Gasteiger partial charge in [-0.1, -0.05) is 68.3 Å². The zero-order valence-electron chi connectivity index (χ0n) is 12.5. The van der Waals surface area contributed by atoms with Gasteiger partial charge in [0.15, 0.2) is 0 Å². The second-order valence-electron chi connectivity index (χ2n) is 5.13. The molecular weight excluding hydrogens is 285 g/mol. The van der Waals surface area contributed by atoms with E-state index >= 15 is 0 Å². The Hall–Kier alpha value is -1.38. The highest BCUT2D eigenvalue weighted by molar-refractivity contribution is 6.31. The van der Waals surface area contributed by atoms with Gasteiger partial charge in [-0.25, -0.2) is 4.39 Å². The van der Waals surface area contributed by atoms with Crippen molar-refractivity contribution >= 4 is 11.6 Å². The van der Waals surface area contributed by atoms with Gasteiger partial charge in [-0.2, -0.15) is 0 Å². The van der Waals surface area contributed by atoms with Crippen molar-refractivity contribution < 1.29 is 4.39 Å². The Morgan fingerprint density at radius 1 is 1.10 bits per heavy atom. The molecule has 0 amide bonds. The standard InChI is InChI=1S/C18H21ClFN/c1-3-6-13-9-11-14(12-10-13)18(21-4-2)15-7-5-8-16(20)17(15)19/h5,7-12,18,21H,3-4,6H2,1-2H3. The van der Waals surface area contributed by atoms with E-state index in [0.29, 0.717) is 0 Å². The minimum Gasteiger partial charge on any atom is -0.306 e. The fourth-order valence-electron chi connectivity index (χ4n) is 2.52. The Morgan fingerprint density at radius 3 is 2.43 bits per heavy atom. The van der Waals surface area contributed by atoms with E-state index in [9.17, 15) is 4.39 Å². The zero-order valence-corrected chi connectivity index (χ0v) is 13.3. The molecule has 0 bridgehead atoms. The highest BCUT2D eigenvalue weighted by atomic mass is 35.5. The number of hydrogen-bond acceptors (Lipinski definition) is 1. The van der Waals surface area contributed by atoms with Crippen LogP contribution in [0.3, 0.4) is 0 Å². The number of rotatable bonds is 6. The fourth-order valence-corrected chi connectivity index (χ4v) is 2.76. The van der Waals surface area contributed by atoms with Crippen molar-refractivity contribution in [2.24, 2.45) is 0 Å². The molecule has 21 heavy (non-hydrogen) atoms. The Labute approximate surface area is 131 Å². The van der Waals surface area contributed by atoms with Gasteiger partial charge in [0.1, 0.15) is 5.82 Å². The van der Waals surface area contributed by atoms with Gasteiger partial charge in [0, 0.05) is 0 Å². The SMILES string of the molecule is CCCc1ccc(C(NCC)c2cccc(F)c2Cl)cc1. The monoisotopic (exact) mass is 305 g/mol. The van der Waals surface area contributed by atoms with E-state index in [1.54, 1.807) is 6.07 Å². The predicted molar refractivity (Wildman–Crippen MR) is 87.4 cm³/mol. The van der Waals surface area contributed by atoms with Crippen molar-refractivity contribution in [3.8, 4) is 0 Å². The molecule has 1 N–H and O–H groups in total. The van der Waals surface area contributed by atoms with E-state index < -0.39 is 0 Å². The lowest BCUT2D eigenvalue weighted by molar-refractivity contribution is 0.603. The van der Waals surface area contributed by atoms with E-state index in [4.69, 9.17) is 11.6 Å². The van der Waals surface area contributed by atoms with Crippen LogP contribution in [0.4, 0.5) is 4.39 Å². The van der Waals surface area contributed by atoms with Crippen molar-refractivity contribution in [1.29, 1.82) is 0 Å². The summed E-state index contributed by atoms with van der Waals surface area (Å²) in [5.41, 5.74) is 3.20. The van der Waals surface area contributed by atoms with Crippen LogP contribution in [0.5, 0.6) is 0 Å². The summed E-state index contributed by atoms with van der Waals surface area (Å²) in [6, 6.07) is 13.3. The Kier molecular flexibility index (Phi) is 5.77. The molecule has 0 aromatic heterocycles. The Balaban J connectivity index is 2.36. The first-order valence-corrected chi connectivity index (χ1v) is 7.81. The van der Waals surface area contributed by atoms with Gasteiger partial charge in [0.25, 0.3) is 0 Å². The fraction of sp³-hybridized carbons (Fsp3) is 0.333. The molecule has 2 rings (SSSR count). The van der Waals surface area contributed by atoms with Crippen molar-refractivity contribution in [2.45, 2.75) is 32.7 Å². The van der Waals surface area contributed by atoms with E-state index in [-0.39, 0.29) is 16.9 Å². The highest BCUT2D eigenvalue weighted by Crippen LogP contribution is 2.30. The lowest BCUT2D eigenvalue weighted by atomic mass is 9.96. The van der Waals surface area contributed by atoms with Crippen LogP contribution in [0, 0.1) is 5.82 Å². The molecule has 0 fully saturated rings. The molecular formula is C18H21ClFN. The van der Waals surface area contributed by atoms with Crippen LogP contribution in [0.2, 0.25) is 5.02 Å². The van der Waals surface area contributed by atoms with Crippen LogP contribution in [0.25, 0.3) is 0 Å². The summed E-state index contributed by atoms with van der Waals surface area (Å²) >= 11 is 6.14.